The van der Waals surface area contributed by atoms with Crippen LogP contribution < -0.4 is 10.1 Å². The lowest BCUT2D eigenvalue weighted by atomic mass is 9.87. The third-order valence-corrected chi connectivity index (χ3v) is 6.63. The molecule has 188 valence electrons. The van der Waals surface area contributed by atoms with Gasteiger partial charge in [0.25, 0.3) is 5.91 Å². The van der Waals surface area contributed by atoms with Crippen molar-refractivity contribution in [3.63, 3.8) is 0 Å². The fraction of sp³-hybridized carbons (Fsp3) is 0.355. The van der Waals surface area contributed by atoms with Crippen LogP contribution in [0.15, 0.2) is 72.8 Å². The number of benzene rings is 3. The summed E-state index contributed by atoms with van der Waals surface area (Å²) >= 11 is 0. The summed E-state index contributed by atoms with van der Waals surface area (Å²) in [5, 5.41) is 2.94. The third kappa shape index (κ3) is 6.14. The van der Waals surface area contributed by atoms with Gasteiger partial charge >= 0.3 is 0 Å². The second-order valence-corrected chi connectivity index (χ2v) is 10.1. The number of amides is 2. The Balaban J connectivity index is 1.56. The van der Waals surface area contributed by atoms with E-state index in [1.54, 1.807) is 6.92 Å². The molecule has 3 aromatic rings. The van der Waals surface area contributed by atoms with Gasteiger partial charge in [0.2, 0.25) is 5.91 Å². The van der Waals surface area contributed by atoms with Gasteiger partial charge in [0.15, 0.2) is 6.10 Å². The molecule has 4 rings (SSSR count). The maximum absolute atomic E-state index is 13.3. The summed E-state index contributed by atoms with van der Waals surface area (Å²) in [5.74, 6) is 0.926. The summed E-state index contributed by atoms with van der Waals surface area (Å²) in [4.78, 5) is 27.9. The molecule has 1 aliphatic heterocycles. The Kier molecular flexibility index (Phi) is 8.09. The zero-order valence-corrected chi connectivity index (χ0v) is 21.7. The highest BCUT2D eigenvalue weighted by Gasteiger charge is 2.32. The molecule has 2 amide bonds. The van der Waals surface area contributed by atoms with Gasteiger partial charge < -0.3 is 15.0 Å². The fourth-order valence-corrected chi connectivity index (χ4v) is 4.70. The molecule has 5 heteroatoms. The Morgan fingerprint density at radius 2 is 1.72 bits per heavy atom. The van der Waals surface area contributed by atoms with Crippen molar-refractivity contribution in [1.29, 1.82) is 0 Å². The molecule has 2 atom stereocenters. The number of aryl methyl sites for hydroxylation is 1. The van der Waals surface area contributed by atoms with Crippen LogP contribution in [0, 0.1) is 12.8 Å². The highest BCUT2D eigenvalue weighted by Crippen LogP contribution is 2.38. The molecular formula is C31H36N2O3. The molecule has 0 bridgehead atoms. The number of hydrogen-bond donors (Lipinski definition) is 1. The Labute approximate surface area is 214 Å². The molecule has 1 heterocycles. The molecule has 3 aromatic carbocycles. The molecule has 2 unspecified atom stereocenters. The number of carbonyl (C=O) groups excluding carboxylic acids is 2. The van der Waals surface area contributed by atoms with Crippen molar-refractivity contribution in [2.75, 3.05) is 6.54 Å². The molecule has 0 fully saturated rings. The van der Waals surface area contributed by atoms with E-state index in [9.17, 15) is 9.59 Å². The highest BCUT2D eigenvalue weighted by molar-refractivity contribution is 5.80. The van der Waals surface area contributed by atoms with Gasteiger partial charge in [0.1, 0.15) is 5.75 Å². The van der Waals surface area contributed by atoms with E-state index >= 15 is 0 Å². The van der Waals surface area contributed by atoms with Crippen LogP contribution in [-0.4, -0.2) is 29.4 Å². The monoisotopic (exact) mass is 484 g/mol. The van der Waals surface area contributed by atoms with Crippen LogP contribution in [0.5, 0.6) is 5.75 Å². The van der Waals surface area contributed by atoms with Crippen LogP contribution >= 0.6 is 0 Å². The molecule has 0 aliphatic carbocycles. The Morgan fingerprint density at radius 1 is 1.00 bits per heavy atom. The summed E-state index contributed by atoms with van der Waals surface area (Å²) in [6.45, 7) is 9.13. The molecule has 0 saturated heterocycles. The fourth-order valence-electron chi connectivity index (χ4n) is 4.70. The number of rotatable bonds is 8. The first kappa shape index (κ1) is 25.5. The first-order valence-corrected chi connectivity index (χ1v) is 12.8. The van der Waals surface area contributed by atoms with Gasteiger partial charge in [-0.25, -0.2) is 0 Å². The second-order valence-electron chi connectivity index (χ2n) is 10.1. The van der Waals surface area contributed by atoms with Crippen molar-refractivity contribution in [1.82, 2.24) is 10.2 Å². The van der Waals surface area contributed by atoms with Gasteiger partial charge in [-0.3, -0.25) is 9.59 Å². The summed E-state index contributed by atoms with van der Waals surface area (Å²) in [6.07, 6.45) is 0.674. The minimum absolute atomic E-state index is 0.166. The largest absolute Gasteiger partial charge is 0.481 e. The lowest BCUT2D eigenvalue weighted by molar-refractivity contribution is -0.134. The normalized spacial score (nSPS) is 15.8. The minimum atomic E-state index is -0.646. The number of fused-ring (bicyclic) bond motifs is 1. The van der Waals surface area contributed by atoms with E-state index in [2.05, 4.69) is 56.4 Å². The second kappa shape index (κ2) is 11.4. The molecule has 5 nitrogen and oxygen atoms in total. The zero-order chi connectivity index (χ0) is 25.7. The summed E-state index contributed by atoms with van der Waals surface area (Å²) in [6, 6.07) is 24.1. The molecule has 0 aromatic heterocycles. The lowest BCUT2D eigenvalue weighted by Crippen LogP contribution is -2.41. The van der Waals surface area contributed by atoms with Gasteiger partial charge in [0.05, 0.1) is 6.04 Å². The van der Waals surface area contributed by atoms with Gasteiger partial charge in [-0.15, -0.1) is 0 Å². The number of hydrogen-bond acceptors (Lipinski definition) is 3. The first-order chi connectivity index (χ1) is 17.3. The Hall–Kier alpha value is -3.60. The van der Waals surface area contributed by atoms with Crippen molar-refractivity contribution >= 4 is 11.8 Å². The number of ether oxygens (including phenoxy) is 1. The molecule has 36 heavy (non-hydrogen) atoms. The lowest BCUT2D eigenvalue weighted by Gasteiger charge is -2.38. The summed E-state index contributed by atoms with van der Waals surface area (Å²) < 4.78 is 6.08. The maximum atomic E-state index is 13.3. The van der Waals surface area contributed by atoms with Crippen LogP contribution in [0.2, 0.25) is 0 Å². The topological polar surface area (TPSA) is 58.6 Å². The first-order valence-electron chi connectivity index (χ1n) is 12.8. The van der Waals surface area contributed by atoms with Gasteiger partial charge in [-0.05, 0) is 60.6 Å². The molecular weight excluding hydrogens is 448 g/mol. The average molecular weight is 485 g/mol. The van der Waals surface area contributed by atoms with Crippen molar-refractivity contribution in [2.24, 2.45) is 5.92 Å². The van der Waals surface area contributed by atoms with Crippen LogP contribution in [0.1, 0.15) is 61.1 Å². The van der Waals surface area contributed by atoms with E-state index in [0.29, 0.717) is 31.2 Å². The van der Waals surface area contributed by atoms with Crippen molar-refractivity contribution in [3.8, 4) is 5.75 Å². The van der Waals surface area contributed by atoms with E-state index in [4.69, 9.17) is 4.74 Å². The molecule has 1 aliphatic rings. The average Bonchev–Trinajstić information content (AvgIpc) is 2.87. The molecule has 0 spiro atoms. The Bertz CT molecular complexity index is 1190. The van der Waals surface area contributed by atoms with Crippen LogP contribution in [-0.2, 0) is 22.6 Å². The number of nitrogens with zero attached hydrogens (tertiary/aromatic N) is 1. The maximum Gasteiger partial charge on any atom is 0.261 e. The van der Waals surface area contributed by atoms with Crippen molar-refractivity contribution in [3.05, 3.63) is 101 Å². The van der Waals surface area contributed by atoms with Crippen LogP contribution in [0.3, 0.4) is 0 Å². The Morgan fingerprint density at radius 3 is 2.42 bits per heavy atom. The van der Waals surface area contributed by atoms with Gasteiger partial charge in [0, 0.05) is 19.5 Å². The third-order valence-electron chi connectivity index (χ3n) is 6.63. The van der Waals surface area contributed by atoms with Gasteiger partial charge in [-0.1, -0.05) is 80.1 Å². The van der Waals surface area contributed by atoms with Gasteiger partial charge in [-0.2, -0.15) is 0 Å². The molecule has 0 saturated carbocycles. The predicted molar refractivity (Wildman–Crippen MR) is 143 cm³/mol. The zero-order valence-electron chi connectivity index (χ0n) is 21.7. The summed E-state index contributed by atoms with van der Waals surface area (Å²) in [5.41, 5.74) is 5.59. The quantitative estimate of drug-likeness (QED) is 0.453. The number of nitrogens with one attached hydrogen (secondary N) is 1. The van der Waals surface area contributed by atoms with Crippen molar-refractivity contribution < 1.29 is 14.3 Å². The minimum Gasteiger partial charge on any atom is -0.481 e. The van der Waals surface area contributed by atoms with Crippen LogP contribution in [0.4, 0.5) is 0 Å². The van der Waals surface area contributed by atoms with E-state index in [1.807, 2.05) is 47.4 Å². The van der Waals surface area contributed by atoms with E-state index in [0.717, 1.165) is 23.1 Å². The smallest absolute Gasteiger partial charge is 0.261 e. The predicted octanol–water partition coefficient (Wildman–Crippen LogP) is 5.60. The SMILES string of the molecule is Cc1ccc(C2c3cc(OC(C)C(=O)NCc4ccccc4)ccc3CCN2C(=O)CC(C)C)cc1. The number of carbonyl (C=O) groups is 2. The molecule has 0 radical (unpaired) electrons. The highest BCUT2D eigenvalue weighted by atomic mass is 16.5. The molecule has 1 N–H and O–H groups in total. The summed E-state index contributed by atoms with van der Waals surface area (Å²) in [7, 11) is 0. The van der Waals surface area contributed by atoms with E-state index < -0.39 is 6.10 Å². The van der Waals surface area contributed by atoms with E-state index in [1.165, 1.54) is 11.1 Å². The van der Waals surface area contributed by atoms with Crippen LogP contribution in [0.25, 0.3) is 0 Å². The van der Waals surface area contributed by atoms with E-state index in [-0.39, 0.29) is 17.9 Å². The standard InChI is InChI=1S/C31H36N2O3/c1-21(2)18-29(34)33-17-16-25-14-15-27(19-28(25)30(33)26-12-10-22(3)11-13-26)36-23(4)31(35)32-20-24-8-6-5-7-9-24/h5-15,19,21,23,30H,16-18,20H2,1-4H3,(H,32,35). The van der Waals surface area contributed by atoms with Crippen molar-refractivity contribution in [2.45, 2.75) is 59.2 Å².